The minimum atomic E-state index is 0.258. The van der Waals surface area contributed by atoms with Crippen molar-refractivity contribution in [1.82, 2.24) is 19.9 Å². The zero-order chi connectivity index (χ0) is 12.7. The number of nitrogens with zero attached hydrogens (tertiary/aromatic N) is 3. The van der Waals surface area contributed by atoms with Gasteiger partial charge in [-0.15, -0.1) is 0 Å². The van der Waals surface area contributed by atoms with E-state index in [1.54, 1.807) is 12.1 Å². The van der Waals surface area contributed by atoms with E-state index in [1.807, 2.05) is 13.0 Å². The molecule has 3 aromatic rings. The third kappa shape index (κ3) is 1.55. The zero-order valence-corrected chi connectivity index (χ0v) is 9.68. The number of fused-ring (bicyclic) bond motifs is 1. The van der Waals surface area contributed by atoms with Crippen LogP contribution in [0.4, 0.5) is 5.82 Å². The second-order valence-electron chi connectivity index (χ2n) is 4.04. The van der Waals surface area contributed by atoms with Crippen molar-refractivity contribution in [3.05, 3.63) is 30.1 Å². The summed E-state index contributed by atoms with van der Waals surface area (Å²) in [5, 5.41) is 9.50. The molecule has 0 atom stereocenters. The first-order valence-corrected chi connectivity index (χ1v) is 5.41. The number of benzene rings is 1. The van der Waals surface area contributed by atoms with E-state index >= 15 is 0 Å². The summed E-state index contributed by atoms with van der Waals surface area (Å²) in [6, 6.07) is 5.26. The van der Waals surface area contributed by atoms with Crippen LogP contribution < -0.4 is 5.73 Å². The first-order chi connectivity index (χ1) is 8.65. The number of phenolic OH excluding ortho intramolecular Hbond substituents is 1. The fraction of sp³-hybridized carbons (Fsp3) is 0.0833. The quantitative estimate of drug-likeness (QED) is 0.601. The number of anilines is 1. The van der Waals surface area contributed by atoms with Crippen molar-refractivity contribution in [3.63, 3.8) is 0 Å². The average Bonchev–Trinajstić information content (AvgIpc) is 2.78. The standard InChI is InChI=1S/C12H11N5O/c1-6-4-7(2-3-8(6)18)11-16-9-10(13)14-5-15-12(9)17-11/h2-5,18H,1H3,(H3,13,14,15,16,17). The lowest BCUT2D eigenvalue weighted by atomic mass is 10.1. The molecule has 0 saturated carbocycles. The van der Waals surface area contributed by atoms with Crippen LogP contribution >= 0.6 is 0 Å². The van der Waals surface area contributed by atoms with Crippen LogP contribution in [0.3, 0.4) is 0 Å². The Bertz CT molecular complexity index is 734. The fourth-order valence-electron chi connectivity index (χ4n) is 1.79. The van der Waals surface area contributed by atoms with Crippen LogP contribution in [-0.4, -0.2) is 25.0 Å². The van der Waals surface area contributed by atoms with Gasteiger partial charge in [-0.1, -0.05) is 0 Å². The van der Waals surface area contributed by atoms with Crippen LogP contribution in [0.5, 0.6) is 5.75 Å². The van der Waals surface area contributed by atoms with Crippen molar-refractivity contribution in [2.75, 3.05) is 5.73 Å². The van der Waals surface area contributed by atoms with Gasteiger partial charge in [0.05, 0.1) is 0 Å². The summed E-state index contributed by atoms with van der Waals surface area (Å²) in [6.45, 7) is 1.83. The number of rotatable bonds is 1. The molecular formula is C12H11N5O. The average molecular weight is 241 g/mol. The van der Waals surface area contributed by atoms with E-state index in [1.165, 1.54) is 6.33 Å². The van der Waals surface area contributed by atoms with E-state index in [-0.39, 0.29) is 5.75 Å². The number of aromatic nitrogens is 4. The van der Waals surface area contributed by atoms with E-state index in [9.17, 15) is 5.11 Å². The lowest BCUT2D eigenvalue weighted by Crippen LogP contribution is -1.91. The third-order valence-corrected chi connectivity index (χ3v) is 2.79. The number of aromatic hydroxyl groups is 1. The Morgan fingerprint density at radius 3 is 2.83 bits per heavy atom. The molecular weight excluding hydrogens is 230 g/mol. The predicted octanol–water partition coefficient (Wildman–Crippen LogP) is 1.62. The Labute approximate surface area is 103 Å². The molecule has 18 heavy (non-hydrogen) atoms. The molecule has 0 aliphatic carbocycles. The van der Waals surface area contributed by atoms with Gasteiger partial charge >= 0.3 is 0 Å². The number of nitrogen functional groups attached to an aromatic ring is 1. The zero-order valence-electron chi connectivity index (χ0n) is 9.68. The second kappa shape index (κ2) is 3.69. The van der Waals surface area contributed by atoms with Gasteiger partial charge in [0.1, 0.15) is 23.4 Å². The maximum Gasteiger partial charge on any atom is 0.183 e. The molecule has 0 saturated heterocycles. The van der Waals surface area contributed by atoms with Gasteiger partial charge in [-0.05, 0) is 30.7 Å². The summed E-state index contributed by atoms with van der Waals surface area (Å²) >= 11 is 0. The number of imidazole rings is 1. The molecule has 90 valence electrons. The van der Waals surface area contributed by atoms with E-state index in [0.717, 1.165) is 11.1 Å². The maximum absolute atomic E-state index is 9.50. The molecule has 0 amide bonds. The number of H-pyrrole nitrogens is 1. The van der Waals surface area contributed by atoms with Crippen molar-refractivity contribution in [2.24, 2.45) is 0 Å². The highest BCUT2D eigenvalue weighted by Crippen LogP contribution is 2.25. The SMILES string of the molecule is Cc1cc(-c2nc3ncnc(N)c3[nH]2)ccc1O. The Morgan fingerprint density at radius 1 is 1.28 bits per heavy atom. The van der Waals surface area contributed by atoms with Crippen LogP contribution in [0.25, 0.3) is 22.6 Å². The Kier molecular flexibility index (Phi) is 2.16. The van der Waals surface area contributed by atoms with Gasteiger partial charge in [0.2, 0.25) is 0 Å². The molecule has 1 aromatic carbocycles. The van der Waals surface area contributed by atoms with Crippen LogP contribution in [0.15, 0.2) is 24.5 Å². The van der Waals surface area contributed by atoms with Crippen LogP contribution in [0.2, 0.25) is 0 Å². The van der Waals surface area contributed by atoms with E-state index in [4.69, 9.17) is 5.73 Å². The van der Waals surface area contributed by atoms with Crippen LogP contribution in [0.1, 0.15) is 5.56 Å². The molecule has 0 aliphatic rings. The van der Waals surface area contributed by atoms with Crippen LogP contribution in [0, 0.1) is 6.92 Å². The van der Waals surface area contributed by atoms with Crippen LogP contribution in [-0.2, 0) is 0 Å². The Morgan fingerprint density at radius 2 is 2.11 bits per heavy atom. The highest BCUT2D eigenvalue weighted by molar-refractivity contribution is 5.84. The molecule has 4 N–H and O–H groups in total. The van der Waals surface area contributed by atoms with Crippen molar-refractivity contribution < 1.29 is 5.11 Å². The second-order valence-corrected chi connectivity index (χ2v) is 4.04. The highest BCUT2D eigenvalue weighted by Gasteiger charge is 2.09. The number of hydrogen-bond acceptors (Lipinski definition) is 5. The Hall–Kier alpha value is -2.63. The number of aryl methyl sites for hydroxylation is 1. The van der Waals surface area contributed by atoms with Gasteiger partial charge in [-0.3, -0.25) is 0 Å². The molecule has 0 spiro atoms. The summed E-state index contributed by atoms with van der Waals surface area (Å²) in [6.07, 6.45) is 1.38. The summed E-state index contributed by atoms with van der Waals surface area (Å²) in [4.78, 5) is 15.4. The minimum Gasteiger partial charge on any atom is -0.508 e. The Balaban J connectivity index is 2.19. The molecule has 2 aromatic heterocycles. The molecule has 0 fully saturated rings. The molecule has 0 radical (unpaired) electrons. The number of aromatic amines is 1. The molecule has 3 rings (SSSR count). The van der Waals surface area contributed by atoms with Gasteiger partial charge in [-0.25, -0.2) is 15.0 Å². The predicted molar refractivity (Wildman–Crippen MR) is 67.9 cm³/mol. The van der Waals surface area contributed by atoms with Gasteiger partial charge in [-0.2, -0.15) is 0 Å². The van der Waals surface area contributed by atoms with Gasteiger partial charge in [0.25, 0.3) is 0 Å². The van der Waals surface area contributed by atoms with Crippen molar-refractivity contribution in [2.45, 2.75) is 6.92 Å². The molecule has 0 unspecified atom stereocenters. The molecule has 0 aliphatic heterocycles. The fourth-order valence-corrected chi connectivity index (χ4v) is 1.79. The maximum atomic E-state index is 9.50. The van der Waals surface area contributed by atoms with E-state index in [0.29, 0.717) is 22.8 Å². The minimum absolute atomic E-state index is 0.258. The smallest absolute Gasteiger partial charge is 0.183 e. The monoisotopic (exact) mass is 241 g/mol. The van der Waals surface area contributed by atoms with Gasteiger partial charge in [0, 0.05) is 5.56 Å². The lowest BCUT2D eigenvalue weighted by Gasteiger charge is -2.00. The number of nitrogens with one attached hydrogen (secondary N) is 1. The van der Waals surface area contributed by atoms with Crippen molar-refractivity contribution in [3.8, 4) is 17.1 Å². The molecule has 6 nitrogen and oxygen atoms in total. The molecule has 0 bridgehead atoms. The van der Waals surface area contributed by atoms with E-state index in [2.05, 4.69) is 19.9 Å². The number of hydrogen-bond donors (Lipinski definition) is 3. The highest BCUT2D eigenvalue weighted by atomic mass is 16.3. The summed E-state index contributed by atoms with van der Waals surface area (Å²) in [7, 11) is 0. The third-order valence-electron chi connectivity index (χ3n) is 2.79. The largest absolute Gasteiger partial charge is 0.508 e. The van der Waals surface area contributed by atoms with Gasteiger partial charge in [0.15, 0.2) is 11.5 Å². The molecule has 6 heteroatoms. The first-order valence-electron chi connectivity index (χ1n) is 5.41. The number of nitrogens with two attached hydrogens (primary N) is 1. The summed E-state index contributed by atoms with van der Waals surface area (Å²) in [5.74, 6) is 1.28. The number of phenols is 1. The summed E-state index contributed by atoms with van der Waals surface area (Å²) in [5.41, 5.74) is 8.54. The normalized spacial score (nSPS) is 10.9. The topological polar surface area (TPSA) is 101 Å². The van der Waals surface area contributed by atoms with Crippen molar-refractivity contribution in [1.29, 1.82) is 0 Å². The van der Waals surface area contributed by atoms with Crippen molar-refractivity contribution >= 4 is 17.0 Å². The first kappa shape index (κ1) is 10.5. The molecule has 2 heterocycles. The van der Waals surface area contributed by atoms with E-state index < -0.39 is 0 Å². The lowest BCUT2D eigenvalue weighted by molar-refractivity contribution is 0.471. The van der Waals surface area contributed by atoms with Gasteiger partial charge < -0.3 is 15.8 Å². The summed E-state index contributed by atoms with van der Waals surface area (Å²) < 4.78 is 0.